The van der Waals surface area contributed by atoms with Gasteiger partial charge in [0.25, 0.3) is 5.91 Å². The quantitative estimate of drug-likeness (QED) is 0.883. The number of morpholine rings is 1. The fourth-order valence-electron chi connectivity index (χ4n) is 3.25. The number of furan rings is 1. The molecular weight excluding hydrogens is 288 g/mol. The van der Waals surface area contributed by atoms with Crippen LogP contribution in [0.25, 0.3) is 0 Å². The van der Waals surface area contributed by atoms with E-state index >= 15 is 0 Å². The van der Waals surface area contributed by atoms with Crippen molar-refractivity contribution in [2.45, 2.75) is 24.9 Å². The van der Waals surface area contributed by atoms with Gasteiger partial charge in [-0.25, -0.2) is 4.79 Å². The number of hydrogen-bond acceptors (Lipinski definition) is 5. The molecule has 2 aliphatic rings. The summed E-state index contributed by atoms with van der Waals surface area (Å²) < 4.78 is 10.3. The molecule has 2 fully saturated rings. The molecule has 1 aromatic rings. The predicted molar refractivity (Wildman–Crippen MR) is 76.6 cm³/mol. The van der Waals surface area contributed by atoms with E-state index in [-0.39, 0.29) is 11.9 Å². The predicted octanol–water partition coefficient (Wildman–Crippen LogP) is 0.670. The van der Waals surface area contributed by atoms with Crippen LogP contribution in [0.3, 0.4) is 0 Å². The van der Waals surface area contributed by atoms with Gasteiger partial charge < -0.3 is 19.2 Å². The van der Waals surface area contributed by atoms with Gasteiger partial charge in [-0.15, -0.1) is 0 Å². The molecule has 0 saturated carbocycles. The fourth-order valence-corrected chi connectivity index (χ4v) is 3.25. The number of rotatable bonds is 3. The summed E-state index contributed by atoms with van der Waals surface area (Å²) in [6, 6.07) is 0.970. The van der Waals surface area contributed by atoms with Gasteiger partial charge in [-0.05, 0) is 18.9 Å². The Hall–Kier alpha value is -1.86. The molecule has 7 nitrogen and oxygen atoms in total. The molecule has 3 rings (SSSR count). The zero-order valence-electron chi connectivity index (χ0n) is 12.3. The highest BCUT2D eigenvalue weighted by molar-refractivity contribution is 5.96. The Bertz CT molecular complexity index is 524. The number of hydrogen-bond donors (Lipinski definition) is 1. The third-order valence-electron chi connectivity index (χ3n) is 4.45. The van der Waals surface area contributed by atoms with Gasteiger partial charge in [-0.1, -0.05) is 0 Å². The Balaban J connectivity index is 1.71. The Kier molecular flexibility index (Phi) is 4.44. The van der Waals surface area contributed by atoms with E-state index in [4.69, 9.17) is 9.15 Å². The largest absolute Gasteiger partial charge is 0.480 e. The van der Waals surface area contributed by atoms with Crippen LogP contribution < -0.4 is 0 Å². The lowest BCUT2D eigenvalue weighted by Crippen LogP contribution is -2.56. The van der Waals surface area contributed by atoms with Gasteiger partial charge in [0, 0.05) is 25.7 Å². The van der Waals surface area contributed by atoms with E-state index in [9.17, 15) is 14.7 Å². The lowest BCUT2D eigenvalue weighted by molar-refractivity contribution is -0.144. The first-order valence-electron chi connectivity index (χ1n) is 7.54. The molecule has 0 aliphatic carbocycles. The van der Waals surface area contributed by atoms with Crippen LogP contribution in [-0.2, 0) is 9.53 Å². The first-order valence-corrected chi connectivity index (χ1v) is 7.54. The molecule has 2 saturated heterocycles. The van der Waals surface area contributed by atoms with Crippen LogP contribution in [0.4, 0.5) is 0 Å². The van der Waals surface area contributed by atoms with E-state index in [1.807, 2.05) is 0 Å². The van der Waals surface area contributed by atoms with Crippen LogP contribution in [0.2, 0.25) is 0 Å². The first kappa shape index (κ1) is 15.1. The van der Waals surface area contributed by atoms with Crippen molar-refractivity contribution < 1.29 is 23.8 Å². The van der Waals surface area contributed by atoms with Crippen LogP contribution >= 0.6 is 0 Å². The normalized spacial score (nSPS) is 26.8. The summed E-state index contributed by atoms with van der Waals surface area (Å²) in [7, 11) is 0. The minimum atomic E-state index is -0.949. The Morgan fingerprint density at radius 2 is 2.00 bits per heavy atom. The zero-order valence-corrected chi connectivity index (χ0v) is 12.3. The Morgan fingerprint density at radius 1 is 1.23 bits per heavy atom. The molecule has 2 atom stereocenters. The zero-order chi connectivity index (χ0) is 15.5. The molecule has 0 unspecified atom stereocenters. The maximum atomic E-state index is 12.4. The number of ether oxygens (including phenoxy) is 1. The van der Waals surface area contributed by atoms with Crippen molar-refractivity contribution in [1.29, 1.82) is 0 Å². The van der Waals surface area contributed by atoms with E-state index in [0.29, 0.717) is 31.7 Å². The van der Waals surface area contributed by atoms with Gasteiger partial charge in [-0.3, -0.25) is 9.69 Å². The number of piperidine rings is 1. The summed E-state index contributed by atoms with van der Waals surface area (Å²) in [5.41, 5.74) is 0.399. The number of likely N-dealkylation sites (tertiary alicyclic amines) is 1. The van der Waals surface area contributed by atoms with Gasteiger partial charge in [-0.2, -0.15) is 0 Å². The number of aliphatic carboxylic acids is 1. The molecular formula is C15H20N2O5. The van der Waals surface area contributed by atoms with Crippen molar-refractivity contribution in [2.24, 2.45) is 0 Å². The number of carbonyl (C=O) groups excluding carboxylic acids is 1. The second-order valence-corrected chi connectivity index (χ2v) is 5.69. The fraction of sp³-hybridized carbons (Fsp3) is 0.600. The number of carboxylic acid groups (broad SMARTS) is 1. The van der Waals surface area contributed by atoms with Gasteiger partial charge in [0.1, 0.15) is 12.3 Å². The summed E-state index contributed by atoms with van der Waals surface area (Å²) in [5.74, 6) is -1.23. The lowest BCUT2D eigenvalue weighted by atomic mass is 9.94. The van der Waals surface area contributed by atoms with Crippen LogP contribution in [0.1, 0.15) is 23.2 Å². The van der Waals surface area contributed by atoms with Gasteiger partial charge in [0.2, 0.25) is 0 Å². The van der Waals surface area contributed by atoms with Crippen molar-refractivity contribution in [3.8, 4) is 0 Å². The minimum Gasteiger partial charge on any atom is -0.480 e. The maximum Gasteiger partial charge on any atom is 0.326 e. The van der Waals surface area contributed by atoms with Crippen molar-refractivity contribution in [3.05, 3.63) is 24.2 Å². The summed E-state index contributed by atoms with van der Waals surface area (Å²) in [6.45, 7) is 3.47. The van der Waals surface area contributed by atoms with Crippen LogP contribution in [0.15, 0.2) is 23.0 Å². The summed E-state index contributed by atoms with van der Waals surface area (Å²) in [4.78, 5) is 27.8. The molecule has 0 bridgehead atoms. The van der Waals surface area contributed by atoms with E-state index in [2.05, 4.69) is 4.90 Å². The van der Waals surface area contributed by atoms with Crippen LogP contribution in [0.5, 0.6) is 0 Å². The molecule has 0 radical (unpaired) electrons. The van der Waals surface area contributed by atoms with Crippen molar-refractivity contribution in [2.75, 3.05) is 32.8 Å². The number of carbonyl (C=O) groups is 2. The average Bonchev–Trinajstić information content (AvgIpc) is 3.09. The highest BCUT2D eigenvalue weighted by atomic mass is 16.5. The van der Waals surface area contributed by atoms with E-state index in [0.717, 1.165) is 19.5 Å². The molecule has 3 heterocycles. The van der Waals surface area contributed by atoms with Crippen LogP contribution in [-0.4, -0.2) is 71.7 Å². The Labute approximate surface area is 128 Å². The molecule has 7 heteroatoms. The van der Waals surface area contributed by atoms with Crippen molar-refractivity contribution in [1.82, 2.24) is 9.80 Å². The molecule has 0 spiro atoms. The third kappa shape index (κ3) is 3.00. The minimum absolute atomic E-state index is 0.193. The summed E-state index contributed by atoms with van der Waals surface area (Å²) in [6.07, 6.45) is 4.02. The van der Waals surface area contributed by atoms with Gasteiger partial charge >= 0.3 is 5.97 Å². The standard InChI is InChI=1S/C15H20N2O5/c18-14(11-2-6-22-10-11)17-3-1-12(9-13(17)15(19)20)16-4-7-21-8-5-16/h2,6,10,12-13H,1,3-5,7-9H2,(H,19,20)/t12-,13+/m1/s1. The smallest absolute Gasteiger partial charge is 0.326 e. The monoisotopic (exact) mass is 308 g/mol. The van der Waals surface area contributed by atoms with Crippen molar-refractivity contribution in [3.63, 3.8) is 0 Å². The molecule has 1 amide bonds. The lowest BCUT2D eigenvalue weighted by Gasteiger charge is -2.42. The maximum absolute atomic E-state index is 12.4. The molecule has 1 N–H and O–H groups in total. The van der Waals surface area contributed by atoms with E-state index < -0.39 is 12.0 Å². The number of amides is 1. The van der Waals surface area contributed by atoms with E-state index in [1.165, 1.54) is 17.4 Å². The number of nitrogens with zero attached hydrogens (tertiary/aromatic N) is 2. The summed E-state index contributed by atoms with van der Waals surface area (Å²) in [5, 5.41) is 9.51. The van der Waals surface area contributed by atoms with Crippen molar-refractivity contribution >= 4 is 11.9 Å². The van der Waals surface area contributed by atoms with Gasteiger partial charge in [0.05, 0.1) is 25.0 Å². The van der Waals surface area contributed by atoms with E-state index in [1.54, 1.807) is 6.07 Å². The SMILES string of the molecule is O=C(O)[C@@H]1C[C@H](N2CCOCC2)CCN1C(=O)c1ccoc1. The highest BCUT2D eigenvalue weighted by Crippen LogP contribution is 2.25. The molecule has 1 aromatic heterocycles. The molecule has 22 heavy (non-hydrogen) atoms. The van der Waals surface area contributed by atoms with Crippen LogP contribution in [0, 0.1) is 0 Å². The first-order chi connectivity index (χ1) is 10.7. The molecule has 2 aliphatic heterocycles. The third-order valence-corrected chi connectivity index (χ3v) is 4.45. The average molecular weight is 308 g/mol. The molecule has 120 valence electrons. The Morgan fingerprint density at radius 3 is 2.64 bits per heavy atom. The molecule has 0 aromatic carbocycles. The topological polar surface area (TPSA) is 83.2 Å². The summed E-state index contributed by atoms with van der Waals surface area (Å²) >= 11 is 0. The number of carboxylic acids is 1. The second-order valence-electron chi connectivity index (χ2n) is 5.69. The van der Waals surface area contributed by atoms with Gasteiger partial charge in [0.15, 0.2) is 0 Å². The second kappa shape index (κ2) is 6.50. The highest BCUT2D eigenvalue weighted by Gasteiger charge is 2.38.